The predicted molar refractivity (Wildman–Crippen MR) is 87.4 cm³/mol. The van der Waals surface area contributed by atoms with Crippen molar-refractivity contribution in [2.45, 2.75) is 37.0 Å². The molecule has 1 aromatic rings. The van der Waals surface area contributed by atoms with Gasteiger partial charge in [-0.2, -0.15) is 8.42 Å². The van der Waals surface area contributed by atoms with Gasteiger partial charge in [0.25, 0.3) is 10.0 Å². The SMILES string of the molecule is NC(N)=NS(=O)(=O)c1ccc(N2C(=O)CC3(CCCC3)C2=O)cc1. The predicted octanol–water partition coefficient (Wildman–Crippen LogP) is 0.472. The highest BCUT2D eigenvalue weighted by atomic mass is 32.2. The highest BCUT2D eigenvalue weighted by Gasteiger charge is 2.53. The summed E-state index contributed by atoms with van der Waals surface area (Å²) < 4.78 is 27.0. The van der Waals surface area contributed by atoms with Crippen LogP contribution in [0.4, 0.5) is 5.69 Å². The van der Waals surface area contributed by atoms with Crippen molar-refractivity contribution >= 4 is 33.5 Å². The normalized spacial score (nSPS) is 19.9. The van der Waals surface area contributed by atoms with E-state index in [9.17, 15) is 18.0 Å². The van der Waals surface area contributed by atoms with Gasteiger partial charge in [0.2, 0.25) is 17.8 Å². The van der Waals surface area contributed by atoms with Gasteiger partial charge in [0.15, 0.2) is 0 Å². The molecular weight excluding hydrogens is 332 g/mol. The molecule has 1 aliphatic carbocycles. The molecule has 1 aromatic carbocycles. The number of benzene rings is 1. The van der Waals surface area contributed by atoms with E-state index in [1.807, 2.05) is 0 Å². The average molecular weight is 350 g/mol. The number of rotatable bonds is 3. The molecule has 0 atom stereocenters. The van der Waals surface area contributed by atoms with Crippen molar-refractivity contribution < 1.29 is 18.0 Å². The van der Waals surface area contributed by atoms with Crippen molar-refractivity contribution in [3.63, 3.8) is 0 Å². The number of imide groups is 1. The van der Waals surface area contributed by atoms with Crippen molar-refractivity contribution in [3.8, 4) is 0 Å². The van der Waals surface area contributed by atoms with Crippen LogP contribution < -0.4 is 16.4 Å². The first-order chi connectivity index (χ1) is 11.3. The summed E-state index contributed by atoms with van der Waals surface area (Å²) >= 11 is 0. The van der Waals surface area contributed by atoms with Gasteiger partial charge in [0.1, 0.15) is 0 Å². The molecule has 1 aliphatic heterocycles. The molecule has 1 saturated carbocycles. The number of nitrogens with two attached hydrogens (primary N) is 2. The third-order valence-electron chi connectivity index (χ3n) is 4.57. The summed E-state index contributed by atoms with van der Waals surface area (Å²) in [5.41, 5.74) is 9.99. The molecule has 2 aliphatic rings. The highest BCUT2D eigenvalue weighted by Crippen LogP contribution is 2.47. The van der Waals surface area contributed by atoms with E-state index in [1.54, 1.807) is 0 Å². The molecule has 9 heteroatoms. The number of carbonyl (C=O) groups is 2. The Bertz CT molecular complexity index is 820. The van der Waals surface area contributed by atoms with E-state index in [1.165, 1.54) is 24.3 Å². The van der Waals surface area contributed by atoms with Gasteiger partial charge in [-0.05, 0) is 37.1 Å². The van der Waals surface area contributed by atoms with Crippen LogP contribution in [-0.2, 0) is 19.6 Å². The Morgan fingerprint density at radius 1 is 1.08 bits per heavy atom. The largest absolute Gasteiger partial charge is 0.369 e. The zero-order chi connectivity index (χ0) is 17.5. The van der Waals surface area contributed by atoms with Crippen molar-refractivity contribution in [1.29, 1.82) is 0 Å². The summed E-state index contributed by atoms with van der Waals surface area (Å²) in [7, 11) is -4.00. The Labute approximate surface area is 139 Å². The quantitative estimate of drug-likeness (QED) is 0.462. The molecule has 0 unspecified atom stereocenters. The molecule has 0 radical (unpaired) electrons. The van der Waals surface area contributed by atoms with E-state index in [4.69, 9.17) is 11.5 Å². The molecule has 3 rings (SSSR count). The number of carbonyl (C=O) groups excluding carboxylic acids is 2. The number of anilines is 1. The molecule has 4 N–H and O–H groups in total. The summed E-state index contributed by atoms with van der Waals surface area (Å²) in [6.45, 7) is 0. The second-order valence-corrected chi connectivity index (χ2v) is 7.79. The second kappa shape index (κ2) is 5.59. The average Bonchev–Trinajstić information content (AvgIpc) is 3.05. The summed E-state index contributed by atoms with van der Waals surface area (Å²) in [5.74, 6) is -1.00. The second-order valence-electron chi connectivity index (χ2n) is 6.18. The Balaban J connectivity index is 1.90. The number of nitrogens with zero attached hydrogens (tertiary/aromatic N) is 2. The first kappa shape index (κ1) is 16.4. The number of guanidine groups is 1. The monoisotopic (exact) mass is 350 g/mol. The minimum absolute atomic E-state index is 0.116. The van der Waals surface area contributed by atoms with Crippen LogP contribution in [0.1, 0.15) is 32.1 Å². The fourth-order valence-corrected chi connectivity index (χ4v) is 4.32. The molecule has 0 aromatic heterocycles. The van der Waals surface area contributed by atoms with Gasteiger partial charge in [0, 0.05) is 6.42 Å². The van der Waals surface area contributed by atoms with E-state index in [0.717, 1.165) is 30.6 Å². The van der Waals surface area contributed by atoms with E-state index in [0.29, 0.717) is 5.69 Å². The minimum Gasteiger partial charge on any atom is -0.369 e. The number of sulfonamides is 1. The lowest BCUT2D eigenvalue weighted by molar-refractivity contribution is -0.125. The Kier molecular flexibility index (Phi) is 3.83. The fraction of sp³-hybridized carbons (Fsp3) is 0.400. The zero-order valence-corrected chi connectivity index (χ0v) is 13.8. The van der Waals surface area contributed by atoms with Gasteiger partial charge in [-0.1, -0.05) is 12.8 Å². The topological polar surface area (TPSA) is 136 Å². The number of amides is 2. The van der Waals surface area contributed by atoms with E-state index in [-0.39, 0.29) is 23.1 Å². The summed E-state index contributed by atoms with van der Waals surface area (Å²) in [5, 5.41) is 0. The first-order valence-corrected chi connectivity index (χ1v) is 9.03. The zero-order valence-electron chi connectivity index (χ0n) is 12.9. The van der Waals surface area contributed by atoms with Crippen LogP contribution in [-0.4, -0.2) is 26.2 Å². The highest BCUT2D eigenvalue weighted by molar-refractivity contribution is 7.90. The molecule has 24 heavy (non-hydrogen) atoms. The van der Waals surface area contributed by atoms with Gasteiger partial charge in [0.05, 0.1) is 16.0 Å². The van der Waals surface area contributed by atoms with Crippen molar-refractivity contribution in [2.24, 2.45) is 21.3 Å². The van der Waals surface area contributed by atoms with E-state index >= 15 is 0 Å². The van der Waals surface area contributed by atoms with E-state index < -0.39 is 21.4 Å². The Hall–Kier alpha value is -2.42. The first-order valence-electron chi connectivity index (χ1n) is 7.59. The molecule has 0 bridgehead atoms. The molecule has 128 valence electrons. The van der Waals surface area contributed by atoms with E-state index in [2.05, 4.69) is 4.40 Å². The van der Waals surface area contributed by atoms with Crippen LogP contribution in [0.15, 0.2) is 33.6 Å². The van der Waals surface area contributed by atoms with Gasteiger partial charge < -0.3 is 11.5 Å². The van der Waals surface area contributed by atoms with Crippen LogP contribution >= 0.6 is 0 Å². The maximum Gasteiger partial charge on any atom is 0.285 e. The van der Waals surface area contributed by atoms with Crippen LogP contribution in [0.3, 0.4) is 0 Å². The Morgan fingerprint density at radius 2 is 1.67 bits per heavy atom. The standard InChI is InChI=1S/C15H18N4O4S/c16-14(17)18-24(22,23)11-5-3-10(4-6-11)19-12(20)9-15(13(19)21)7-1-2-8-15/h3-6H,1-2,7-9H2,(H4,16,17,18). The third kappa shape index (κ3) is 2.64. The molecule has 1 saturated heterocycles. The summed E-state index contributed by atoms with van der Waals surface area (Å²) in [6, 6.07) is 5.38. The van der Waals surface area contributed by atoms with Gasteiger partial charge in [-0.3, -0.25) is 14.5 Å². The summed E-state index contributed by atoms with van der Waals surface area (Å²) in [6.07, 6.45) is 3.57. The molecule has 1 spiro atoms. The Morgan fingerprint density at radius 3 is 2.21 bits per heavy atom. The number of hydrogen-bond acceptors (Lipinski definition) is 4. The van der Waals surface area contributed by atoms with Crippen LogP contribution in [0, 0.1) is 5.41 Å². The maximum atomic E-state index is 12.7. The summed E-state index contributed by atoms with van der Waals surface area (Å²) in [4.78, 5) is 26.0. The lowest BCUT2D eigenvalue weighted by atomic mass is 9.84. The molecule has 8 nitrogen and oxygen atoms in total. The lowest BCUT2D eigenvalue weighted by Crippen LogP contribution is -2.34. The molecule has 2 amide bonds. The smallest absolute Gasteiger partial charge is 0.285 e. The molecule has 1 heterocycles. The van der Waals surface area contributed by atoms with Crippen molar-refractivity contribution in [2.75, 3.05) is 4.90 Å². The number of hydrogen-bond donors (Lipinski definition) is 2. The van der Waals surface area contributed by atoms with Crippen LogP contribution in [0.25, 0.3) is 0 Å². The lowest BCUT2D eigenvalue weighted by Gasteiger charge is -2.21. The maximum absolute atomic E-state index is 12.7. The van der Waals surface area contributed by atoms with Crippen molar-refractivity contribution in [3.05, 3.63) is 24.3 Å². The minimum atomic E-state index is -4.00. The van der Waals surface area contributed by atoms with Gasteiger partial charge in [-0.25, -0.2) is 0 Å². The fourth-order valence-electron chi connectivity index (χ4n) is 3.46. The third-order valence-corrected chi connectivity index (χ3v) is 5.89. The van der Waals surface area contributed by atoms with Gasteiger partial charge in [-0.15, -0.1) is 4.40 Å². The van der Waals surface area contributed by atoms with Crippen LogP contribution in [0.5, 0.6) is 0 Å². The molecule has 2 fully saturated rings. The van der Waals surface area contributed by atoms with Crippen LogP contribution in [0.2, 0.25) is 0 Å². The van der Waals surface area contributed by atoms with Crippen molar-refractivity contribution in [1.82, 2.24) is 0 Å². The molecular formula is C15H18N4O4S. The van der Waals surface area contributed by atoms with Gasteiger partial charge >= 0.3 is 0 Å².